The van der Waals surface area contributed by atoms with E-state index in [1.54, 1.807) is 35.8 Å². The van der Waals surface area contributed by atoms with E-state index < -0.39 is 0 Å². The topological polar surface area (TPSA) is 77.1 Å². The predicted octanol–water partition coefficient (Wildman–Crippen LogP) is 1.16. The molecule has 0 spiro atoms. The van der Waals surface area contributed by atoms with Gasteiger partial charge in [0, 0.05) is 32.4 Å². The van der Waals surface area contributed by atoms with E-state index in [2.05, 4.69) is 15.1 Å². The molecule has 2 rings (SSSR count). The van der Waals surface area contributed by atoms with Gasteiger partial charge < -0.3 is 14.0 Å². The van der Waals surface area contributed by atoms with Crippen molar-refractivity contribution in [3.05, 3.63) is 29.9 Å². The second-order valence-electron chi connectivity index (χ2n) is 4.62. The maximum absolute atomic E-state index is 12.4. The Morgan fingerprint density at radius 2 is 2.26 bits per heavy atom. The Hall–Kier alpha value is -2.18. The number of hydrogen-bond donors (Lipinski definition) is 0. The van der Waals surface area contributed by atoms with Gasteiger partial charge in [-0.25, -0.2) is 4.98 Å². The van der Waals surface area contributed by atoms with E-state index in [9.17, 15) is 4.79 Å². The number of carbonyl (C=O) groups excluding carboxylic acids is 1. The summed E-state index contributed by atoms with van der Waals surface area (Å²) in [4.78, 5) is 22.3. The van der Waals surface area contributed by atoms with Crippen molar-refractivity contribution in [3.8, 4) is 0 Å². The lowest BCUT2D eigenvalue weighted by Crippen LogP contribution is -2.38. The molecule has 102 valence electrons. The molecule has 0 atom stereocenters. The van der Waals surface area contributed by atoms with E-state index >= 15 is 0 Å². The van der Waals surface area contributed by atoms with Crippen molar-refractivity contribution in [2.75, 3.05) is 0 Å². The van der Waals surface area contributed by atoms with Crippen molar-refractivity contribution in [1.82, 2.24) is 24.6 Å². The molecule has 0 aromatic carbocycles. The molecule has 0 aliphatic rings. The predicted molar refractivity (Wildman–Crippen MR) is 67.3 cm³/mol. The Balaban J connectivity index is 2.21. The normalized spacial score (nSPS) is 11.0. The highest BCUT2D eigenvalue weighted by atomic mass is 16.5. The molecule has 0 fully saturated rings. The zero-order valence-corrected chi connectivity index (χ0v) is 11.5. The van der Waals surface area contributed by atoms with Gasteiger partial charge in [-0.2, -0.15) is 4.98 Å². The van der Waals surface area contributed by atoms with Crippen LogP contribution in [-0.2, 0) is 13.6 Å². The number of aryl methyl sites for hydroxylation is 2. The molecule has 19 heavy (non-hydrogen) atoms. The van der Waals surface area contributed by atoms with Crippen LogP contribution < -0.4 is 0 Å². The highest BCUT2D eigenvalue weighted by Crippen LogP contribution is 2.10. The fourth-order valence-electron chi connectivity index (χ4n) is 1.75. The second kappa shape index (κ2) is 5.21. The molecule has 0 bridgehead atoms. The molecule has 1 amide bonds. The molecule has 0 saturated heterocycles. The Bertz CT molecular complexity index is 572. The summed E-state index contributed by atoms with van der Waals surface area (Å²) in [5.74, 6) is 1.23. The summed E-state index contributed by atoms with van der Waals surface area (Å²) in [6.07, 6.45) is 3.34. The molecule has 7 heteroatoms. The molecular formula is C12H17N5O2. The van der Waals surface area contributed by atoms with Crippen LogP contribution in [0.4, 0.5) is 0 Å². The average Bonchev–Trinajstić information content (AvgIpc) is 2.94. The summed E-state index contributed by atoms with van der Waals surface area (Å²) < 4.78 is 6.61. The van der Waals surface area contributed by atoms with E-state index in [0.29, 0.717) is 24.1 Å². The van der Waals surface area contributed by atoms with Crippen molar-refractivity contribution in [2.45, 2.75) is 33.4 Å². The first-order valence-electron chi connectivity index (χ1n) is 6.06. The lowest BCUT2D eigenvalue weighted by atomic mass is 10.3. The summed E-state index contributed by atoms with van der Waals surface area (Å²) in [5, 5.41) is 3.82. The van der Waals surface area contributed by atoms with E-state index in [0.717, 1.165) is 0 Å². The zero-order valence-electron chi connectivity index (χ0n) is 11.5. The van der Waals surface area contributed by atoms with Crippen LogP contribution in [0.25, 0.3) is 0 Å². The number of rotatable bonds is 4. The molecule has 7 nitrogen and oxygen atoms in total. The minimum atomic E-state index is -0.148. The van der Waals surface area contributed by atoms with Gasteiger partial charge in [-0.05, 0) is 13.8 Å². The van der Waals surface area contributed by atoms with E-state index in [1.807, 2.05) is 13.8 Å². The maximum Gasteiger partial charge on any atom is 0.290 e. The molecule has 2 aromatic rings. The maximum atomic E-state index is 12.4. The number of carbonyl (C=O) groups is 1. The van der Waals surface area contributed by atoms with Crippen LogP contribution >= 0.6 is 0 Å². The standard InChI is InChI=1S/C12H17N5O2/c1-8(2)17(7-10-14-9(3)19-15-10)12(18)11-13-5-6-16(11)4/h5-6,8H,7H2,1-4H3. The first-order valence-corrected chi connectivity index (χ1v) is 6.06. The van der Waals surface area contributed by atoms with E-state index in [4.69, 9.17) is 4.52 Å². The Morgan fingerprint density at radius 1 is 1.53 bits per heavy atom. The summed E-state index contributed by atoms with van der Waals surface area (Å²) >= 11 is 0. The van der Waals surface area contributed by atoms with Crippen LogP contribution in [0, 0.1) is 6.92 Å². The van der Waals surface area contributed by atoms with Crippen molar-refractivity contribution >= 4 is 5.91 Å². The van der Waals surface area contributed by atoms with Crippen molar-refractivity contribution in [1.29, 1.82) is 0 Å². The van der Waals surface area contributed by atoms with Gasteiger partial charge in [0.2, 0.25) is 5.89 Å². The molecule has 0 N–H and O–H groups in total. The van der Waals surface area contributed by atoms with Crippen LogP contribution in [0.1, 0.15) is 36.2 Å². The fourth-order valence-corrected chi connectivity index (χ4v) is 1.75. The lowest BCUT2D eigenvalue weighted by molar-refractivity contribution is 0.0667. The third-order valence-electron chi connectivity index (χ3n) is 2.78. The van der Waals surface area contributed by atoms with Gasteiger partial charge in [0.15, 0.2) is 11.6 Å². The highest BCUT2D eigenvalue weighted by Gasteiger charge is 2.23. The Labute approximate surface area is 111 Å². The monoisotopic (exact) mass is 263 g/mol. The molecule has 2 heterocycles. The largest absolute Gasteiger partial charge is 0.340 e. The summed E-state index contributed by atoms with van der Waals surface area (Å²) in [6, 6.07) is 0.0167. The van der Waals surface area contributed by atoms with Crippen LogP contribution in [-0.4, -0.2) is 36.5 Å². The molecular weight excluding hydrogens is 246 g/mol. The minimum Gasteiger partial charge on any atom is -0.340 e. The smallest absolute Gasteiger partial charge is 0.290 e. The summed E-state index contributed by atoms with van der Waals surface area (Å²) in [7, 11) is 1.79. The summed E-state index contributed by atoms with van der Waals surface area (Å²) in [5.41, 5.74) is 0. The highest BCUT2D eigenvalue weighted by molar-refractivity contribution is 5.90. The second-order valence-corrected chi connectivity index (χ2v) is 4.62. The van der Waals surface area contributed by atoms with Crippen LogP contribution in [0.15, 0.2) is 16.9 Å². The van der Waals surface area contributed by atoms with Gasteiger partial charge in [-0.3, -0.25) is 4.79 Å². The van der Waals surface area contributed by atoms with Crippen molar-refractivity contribution in [3.63, 3.8) is 0 Å². The van der Waals surface area contributed by atoms with Gasteiger partial charge in [0.05, 0.1) is 6.54 Å². The van der Waals surface area contributed by atoms with Gasteiger partial charge in [-0.1, -0.05) is 5.16 Å². The minimum absolute atomic E-state index is 0.0167. The van der Waals surface area contributed by atoms with Crippen LogP contribution in [0.3, 0.4) is 0 Å². The van der Waals surface area contributed by atoms with Crippen LogP contribution in [0.2, 0.25) is 0 Å². The van der Waals surface area contributed by atoms with Crippen molar-refractivity contribution < 1.29 is 9.32 Å². The van der Waals surface area contributed by atoms with Gasteiger partial charge in [-0.15, -0.1) is 0 Å². The SMILES string of the molecule is Cc1nc(CN(C(=O)c2nccn2C)C(C)C)no1. The quantitative estimate of drug-likeness (QED) is 0.827. The molecule has 0 aliphatic carbocycles. The van der Waals surface area contributed by atoms with Crippen molar-refractivity contribution in [2.24, 2.45) is 7.05 Å². The number of hydrogen-bond acceptors (Lipinski definition) is 5. The number of nitrogens with zero attached hydrogens (tertiary/aromatic N) is 5. The fraction of sp³-hybridized carbons (Fsp3) is 0.500. The molecule has 0 saturated carbocycles. The molecule has 0 aliphatic heterocycles. The van der Waals surface area contributed by atoms with E-state index in [-0.39, 0.29) is 11.9 Å². The Morgan fingerprint density at radius 3 is 2.74 bits per heavy atom. The zero-order chi connectivity index (χ0) is 14.0. The number of imidazole rings is 1. The number of aromatic nitrogens is 4. The Kier molecular flexibility index (Phi) is 3.64. The number of amides is 1. The average molecular weight is 263 g/mol. The van der Waals surface area contributed by atoms with Gasteiger partial charge >= 0.3 is 0 Å². The first-order chi connectivity index (χ1) is 8.99. The molecule has 2 aromatic heterocycles. The van der Waals surface area contributed by atoms with Gasteiger partial charge in [0.25, 0.3) is 5.91 Å². The molecule has 0 radical (unpaired) electrons. The third kappa shape index (κ3) is 2.81. The molecule has 0 unspecified atom stereocenters. The van der Waals surface area contributed by atoms with Crippen LogP contribution in [0.5, 0.6) is 0 Å². The third-order valence-corrected chi connectivity index (χ3v) is 2.78. The van der Waals surface area contributed by atoms with E-state index in [1.165, 1.54) is 0 Å². The first kappa shape index (κ1) is 13.3. The lowest BCUT2D eigenvalue weighted by Gasteiger charge is -2.24. The summed E-state index contributed by atoms with van der Waals surface area (Å²) in [6.45, 7) is 5.90. The van der Waals surface area contributed by atoms with Gasteiger partial charge in [0.1, 0.15) is 0 Å².